The maximum absolute atomic E-state index is 4.78. The zero-order valence-corrected chi connectivity index (χ0v) is 18.1. The summed E-state index contributed by atoms with van der Waals surface area (Å²) in [5.41, 5.74) is 6.09. The van der Waals surface area contributed by atoms with Crippen LogP contribution in [0, 0.1) is 0 Å². The normalized spacial score (nSPS) is 12.5. The van der Waals surface area contributed by atoms with E-state index in [1.54, 1.807) is 0 Å². The van der Waals surface area contributed by atoms with E-state index in [4.69, 9.17) is 4.98 Å². The molecule has 0 unspecified atom stereocenters. The highest BCUT2D eigenvalue weighted by Gasteiger charge is 2.20. The fourth-order valence-electron chi connectivity index (χ4n) is 4.51. The molecular weight excluding hydrogens is 384 g/mol. The van der Waals surface area contributed by atoms with Gasteiger partial charge < -0.3 is 4.57 Å². The van der Waals surface area contributed by atoms with E-state index >= 15 is 0 Å². The molecule has 0 bridgehead atoms. The summed E-state index contributed by atoms with van der Waals surface area (Å²) in [6, 6.07) is 26.4. The number of aromatic nitrogens is 2. The Labute approximate surface area is 179 Å². The molecule has 2 nitrogen and oxygen atoms in total. The third kappa shape index (κ3) is 2.45. The topological polar surface area (TPSA) is 17.8 Å². The fourth-order valence-corrected chi connectivity index (χ4v) is 5.62. The summed E-state index contributed by atoms with van der Waals surface area (Å²) >= 11 is 1.86. The minimum Gasteiger partial charge on any atom is -0.307 e. The predicted molar refractivity (Wildman–Crippen MR) is 130 cm³/mol. The van der Waals surface area contributed by atoms with Crippen LogP contribution in [0.3, 0.4) is 0 Å². The monoisotopic (exact) mass is 406 g/mol. The van der Waals surface area contributed by atoms with Crippen LogP contribution in [0.5, 0.6) is 0 Å². The zero-order valence-electron chi connectivity index (χ0n) is 17.3. The first kappa shape index (κ1) is 17.7. The van der Waals surface area contributed by atoms with Crippen LogP contribution in [0.1, 0.15) is 26.3 Å². The van der Waals surface area contributed by atoms with Gasteiger partial charge in [-0.1, -0.05) is 51.1 Å². The fraction of sp³-hybridized carbons (Fsp3) is 0.148. The quantitative estimate of drug-likeness (QED) is 0.272. The van der Waals surface area contributed by atoms with Gasteiger partial charge in [0.05, 0.1) is 16.6 Å². The van der Waals surface area contributed by atoms with Crippen molar-refractivity contribution in [1.82, 2.24) is 9.55 Å². The van der Waals surface area contributed by atoms with Crippen LogP contribution in [0.4, 0.5) is 0 Å². The Balaban J connectivity index is 1.85. The van der Waals surface area contributed by atoms with Crippen molar-refractivity contribution in [3.63, 3.8) is 0 Å². The minimum absolute atomic E-state index is 0.0947. The second-order valence-electron chi connectivity index (χ2n) is 8.94. The smallest absolute Gasteiger partial charge is 0.0963 e. The SMILES string of the molecule is CC(C)(C)c1cccc(-n2c3cccnc3c3ccc4sc5ccccc5c4c32)c1. The molecule has 0 fully saturated rings. The summed E-state index contributed by atoms with van der Waals surface area (Å²) < 4.78 is 5.06. The van der Waals surface area contributed by atoms with Gasteiger partial charge in [0.1, 0.15) is 0 Å². The Kier molecular flexibility index (Phi) is 3.63. The molecule has 0 saturated carbocycles. The average molecular weight is 407 g/mol. The van der Waals surface area contributed by atoms with E-state index in [9.17, 15) is 0 Å². The summed E-state index contributed by atoms with van der Waals surface area (Å²) in [6.45, 7) is 6.80. The highest BCUT2D eigenvalue weighted by molar-refractivity contribution is 7.26. The minimum atomic E-state index is 0.0947. The number of rotatable bonds is 1. The van der Waals surface area contributed by atoms with Crippen molar-refractivity contribution in [2.24, 2.45) is 0 Å². The lowest BCUT2D eigenvalue weighted by molar-refractivity contribution is 0.590. The molecule has 6 aromatic rings. The zero-order chi connectivity index (χ0) is 20.5. The molecular formula is C27H22N2S. The van der Waals surface area contributed by atoms with Crippen LogP contribution in [0.25, 0.3) is 47.8 Å². The average Bonchev–Trinajstić information content (AvgIpc) is 3.28. The van der Waals surface area contributed by atoms with E-state index in [2.05, 4.69) is 92.1 Å². The van der Waals surface area contributed by atoms with Crippen LogP contribution in [0.2, 0.25) is 0 Å². The van der Waals surface area contributed by atoms with Gasteiger partial charge in [0.25, 0.3) is 0 Å². The van der Waals surface area contributed by atoms with Crippen LogP contribution >= 0.6 is 11.3 Å². The number of thiophene rings is 1. The van der Waals surface area contributed by atoms with Gasteiger partial charge in [-0.15, -0.1) is 11.3 Å². The molecule has 3 aromatic carbocycles. The van der Waals surface area contributed by atoms with Crippen molar-refractivity contribution >= 4 is 53.4 Å². The van der Waals surface area contributed by atoms with E-state index in [1.165, 1.54) is 42.3 Å². The standard InChI is InChI=1S/C27H22N2S/c1-27(2,3)17-8-6-9-18(16-17)29-21-11-7-15-28-25(21)20-13-14-23-24(26(20)29)19-10-4-5-12-22(19)30-23/h4-16H,1-3H3. The van der Waals surface area contributed by atoms with E-state index in [0.717, 1.165) is 11.0 Å². The summed E-state index contributed by atoms with van der Waals surface area (Å²) in [6.07, 6.45) is 1.90. The van der Waals surface area contributed by atoms with Crippen molar-refractivity contribution in [2.75, 3.05) is 0 Å². The molecule has 0 amide bonds. The summed E-state index contributed by atoms with van der Waals surface area (Å²) in [4.78, 5) is 4.78. The molecule has 0 aliphatic rings. The van der Waals surface area contributed by atoms with Crippen LogP contribution in [0.15, 0.2) is 79.0 Å². The van der Waals surface area contributed by atoms with E-state index in [0.29, 0.717) is 0 Å². The van der Waals surface area contributed by atoms with E-state index in [-0.39, 0.29) is 5.41 Å². The lowest BCUT2D eigenvalue weighted by Gasteiger charge is -2.20. The number of fused-ring (bicyclic) bond motifs is 7. The highest BCUT2D eigenvalue weighted by atomic mass is 32.1. The lowest BCUT2D eigenvalue weighted by Crippen LogP contribution is -2.11. The van der Waals surface area contributed by atoms with Crippen molar-refractivity contribution in [3.05, 3.63) is 84.6 Å². The van der Waals surface area contributed by atoms with Crippen LogP contribution in [-0.4, -0.2) is 9.55 Å². The second-order valence-corrected chi connectivity index (χ2v) is 10.0. The molecule has 30 heavy (non-hydrogen) atoms. The molecule has 6 rings (SSSR count). The summed E-state index contributed by atoms with van der Waals surface area (Å²) in [5, 5.41) is 3.86. The maximum Gasteiger partial charge on any atom is 0.0963 e. The van der Waals surface area contributed by atoms with Gasteiger partial charge in [-0.2, -0.15) is 0 Å². The molecule has 3 aromatic heterocycles. The van der Waals surface area contributed by atoms with Gasteiger partial charge in [0.2, 0.25) is 0 Å². The van der Waals surface area contributed by atoms with E-state index in [1.807, 2.05) is 23.6 Å². The van der Waals surface area contributed by atoms with Gasteiger partial charge in [-0.25, -0.2) is 0 Å². The summed E-state index contributed by atoms with van der Waals surface area (Å²) in [7, 11) is 0. The molecule has 3 heterocycles. The van der Waals surface area contributed by atoms with Gasteiger partial charge in [-0.3, -0.25) is 4.98 Å². The van der Waals surface area contributed by atoms with Gasteiger partial charge >= 0.3 is 0 Å². The Bertz CT molecular complexity index is 1580. The summed E-state index contributed by atoms with van der Waals surface area (Å²) in [5.74, 6) is 0. The number of benzene rings is 3. The molecule has 0 aliphatic heterocycles. The lowest BCUT2D eigenvalue weighted by atomic mass is 9.87. The molecule has 146 valence electrons. The van der Waals surface area contributed by atoms with Gasteiger partial charge in [0.15, 0.2) is 0 Å². The maximum atomic E-state index is 4.78. The third-order valence-electron chi connectivity index (χ3n) is 5.99. The van der Waals surface area contributed by atoms with Crippen molar-refractivity contribution in [3.8, 4) is 5.69 Å². The predicted octanol–water partition coefficient (Wildman–Crippen LogP) is 7.84. The third-order valence-corrected chi connectivity index (χ3v) is 7.13. The Hall–Kier alpha value is -3.17. The number of hydrogen-bond donors (Lipinski definition) is 0. The van der Waals surface area contributed by atoms with Crippen LogP contribution in [-0.2, 0) is 5.41 Å². The Morgan fingerprint density at radius 2 is 1.67 bits per heavy atom. The molecule has 0 atom stereocenters. The molecule has 0 N–H and O–H groups in total. The molecule has 0 radical (unpaired) electrons. The largest absolute Gasteiger partial charge is 0.307 e. The van der Waals surface area contributed by atoms with Crippen molar-refractivity contribution in [2.45, 2.75) is 26.2 Å². The molecule has 0 saturated heterocycles. The first-order valence-electron chi connectivity index (χ1n) is 10.3. The Morgan fingerprint density at radius 1 is 0.800 bits per heavy atom. The molecule has 0 spiro atoms. The van der Waals surface area contributed by atoms with Crippen molar-refractivity contribution in [1.29, 1.82) is 0 Å². The number of hydrogen-bond acceptors (Lipinski definition) is 2. The molecule has 0 aliphatic carbocycles. The van der Waals surface area contributed by atoms with Crippen molar-refractivity contribution < 1.29 is 0 Å². The van der Waals surface area contributed by atoms with E-state index < -0.39 is 0 Å². The first-order valence-corrected chi connectivity index (χ1v) is 11.1. The Morgan fingerprint density at radius 3 is 2.53 bits per heavy atom. The van der Waals surface area contributed by atoms with Gasteiger partial charge in [-0.05, 0) is 53.4 Å². The molecule has 3 heteroatoms. The highest BCUT2D eigenvalue weighted by Crippen LogP contribution is 2.42. The number of nitrogens with zero attached hydrogens (tertiary/aromatic N) is 2. The second kappa shape index (κ2) is 6.16. The first-order chi connectivity index (χ1) is 14.5. The number of pyridine rings is 1. The van der Waals surface area contributed by atoms with Gasteiger partial charge in [0, 0.05) is 37.4 Å². The van der Waals surface area contributed by atoms with Crippen LogP contribution < -0.4 is 0 Å².